The highest BCUT2D eigenvalue weighted by Crippen LogP contribution is 2.29. The van der Waals surface area contributed by atoms with Gasteiger partial charge in [0.15, 0.2) is 5.96 Å². The van der Waals surface area contributed by atoms with E-state index in [1.807, 2.05) is 13.0 Å². The number of hydrogen-bond donors (Lipinski definition) is 3. The molecule has 2 aromatic carbocycles. The number of methoxy groups -OCH3 is 2. The molecule has 174 valence electrons. The number of guanidine groups is 1. The third-order valence-corrected chi connectivity index (χ3v) is 5.76. The van der Waals surface area contributed by atoms with Gasteiger partial charge in [-0.25, -0.2) is 0 Å². The van der Waals surface area contributed by atoms with Gasteiger partial charge in [-0.1, -0.05) is 12.1 Å². The zero-order valence-electron chi connectivity index (χ0n) is 19.6. The molecule has 0 aliphatic carbocycles. The first kappa shape index (κ1) is 23.7. The van der Waals surface area contributed by atoms with Crippen LogP contribution >= 0.6 is 0 Å². The van der Waals surface area contributed by atoms with Crippen molar-refractivity contribution < 1.29 is 14.6 Å². The van der Waals surface area contributed by atoms with Gasteiger partial charge in [0.1, 0.15) is 17.6 Å². The number of nitrogens with zero attached hydrogens (tertiary/aromatic N) is 2. The van der Waals surface area contributed by atoms with E-state index in [1.165, 1.54) is 24.1 Å². The van der Waals surface area contributed by atoms with Gasteiger partial charge >= 0.3 is 0 Å². The monoisotopic (exact) mass is 440 g/mol. The van der Waals surface area contributed by atoms with Crippen LogP contribution in [0.25, 0.3) is 0 Å². The van der Waals surface area contributed by atoms with Crippen LogP contribution in [0, 0.1) is 0 Å². The summed E-state index contributed by atoms with van der Waals surface area (Å²) in [6, 6.07) is 14.1. The number of aliphatic hydroxyl groups excluding tert-OH is 1. The molecule has 32 heavy (non-hydrogen) atoms. The molecule has 7 heteroatoms. The Balaban J connectivity index is 1.70. The fraction of sp³-hybridized carbons (Fsp3) is 0.480. The number of ether oxygens (including phenoxy) is 2. The van der Waals surface area contributed by atoms with E-state index >= 15 is 0 Å². The van der Waals surface area contributed by atoms with Crippen LogP contribution in [0.5, 0.6) is 11.5 Å². The number of aliphatic imine (C=N–C) groups is 1. The van der Waals surface area contributed by atoms with Crippen molar-refractivity contribution in [3.05, 3.63) is 53.6 Å². The van der Waals surface area contributed by atoms with E-state index in [2.05, 4.69) is 51.7 Å². The lowest BCUT2D eigenvalue weighted by Gasteiger charge is -2.22. The molecule has 3 N–H and O–H groups in total. The van der Waals surface area contributed by atoms with Crippen molar-refractivity contribution in [2.24, 2.45) is 4.99 Å². The van der Waals surface area contributed by atoms with Crippen molar-refractivity contribution in [1.29, 1.82) is 0 Å². The first-order valence-electron chi connectivity index (χ1n) is 11.4. The molecule has 2 aromatic rings. The van der Waals surface area contributed by atoms with Gasteiger partial charge < -0.3 is 30.1 Å². The Morgan fingerprint density at radius 1 is 1.12 bits per heavy atom. The summed E-state index contributed by atoms with van der Waals surface area (Å²) in [7, 11) is 3.19. The fourth-order valence-electron chi connectivity index (χ4n) is 3.95. The molecule has 0 aromatic heterocycles. The van der Waals surface area contributed by atoms with Gasteiger partial charge in [0.25, 0.3) is 0 Å². The van der Waals surface area contributed by atoms with Crippen LogP contribution in [-0.2, 0) is 0 Å². The molecule has 0 spiro atoms. The number of hydrogen-bond acceptors (Lipinski definition) is 5. The minimum absolute atomic E-state index is 0.0684. The molecule has 0 bridgehead atoms. The predicted molar refractivity (Wildman–Crippen MR) is 130 cm³/mol. The van der Waals surface area contributed by atoms with E-state index < -0.39 is 6.10 Å². The summed E-state index contributed by atoms with van der Waals surface area (Å²) in [6.07, 6.45) is 1.70. The Labute approximate surface area is 191 Å². The van der Waals surface area contributed by atoms with E-state index in [-0.39, 0.29) is 12.6 Å². The molecule has 7 nitrogen and oxygen atoms in total. The lowest BCUT2D eigenvalue weighted by Crippen LogP contribution is -2.39. The zero-order valence-corrected chi connectivity index (χ0v) is 19.6. The molecule has 2 atom stereocenters. The first-order chi connectivity index (χ1) is 15.5. The van der Waals surface area contributed by atoms with Gasteiger partial charge in [-0.15, -0.1) is 0 Å². The molecule has 0 amide bonds. The van der Waals surface area contributed by atoms with Gasteiger partial charge in [0, 0.05) is 30.9 Å². The highest BCUT2D eigenvalue weighted by Gasteiger charge is 2.17. The van der Waals surface area contributed by atoms with Gasteiger partial charge in [-0.2, -0.15) is 0 Å². The maximum atomic E-state index is 10.8. The SMILES string of the molecule is CCNC(=NCC(O)c1cc(OC)ccc1OC)NC(C)c1cccc(N2CCCC2)c1. The van der Waals surface area contributed by atoms with Crippen LogP contribution in [0.15, 0.2) is 47.5 Å². The van der Waals surface area contributed by atoms with Crippen LogP contribution in [0.4, 0.5) is 5.69 Å². The summed E-state index contributed by atoms with van der Waals surface area (Å²) in [4.78, 5) is 7.06. The molecule has 0 saturated carbocycles. The predicted octanol–water partition coefficient (Wildman–Crippen LogP) is 3.65. The normalized spacial score (nSPS) is 15.9. The largest absolute Gasteiger partial charge is 0.497 e. The molecule has 1 saturated heterocycles. The fourth-order valence-corrected chi connectivity index (χ4v) is 3.95. The molecule has 1 aliphatic rings. The zero-order chi connectivity index (χ0) is 22.9. The summed E-state index contributed by atoms with van der Waals surface area (Å²) >= 11 is 0. The standard InChI is InChI=1S/C25H36N4O3/c1-5-26-25(27-17-23(30)22-16-21(31-3)11-12-24(22)32-4)28-18(2)19-9-8-10-20(15-19)29-13-6-7-14-29/h8-12,15-16,18,23,30H,5-7,13-14,17H2,1-4H3,(H2,26,27,28). The van der Waals surface area contributed by atoms with E-state index in [0.717, 1.165) is 19.6 Å². The second kappa shape index (κ2) is 11.6. The number of nitrogens with one attached hydrogen (secondary N) is 2. The summed E-state index contributed by atoms with van der Waals surface area (Å²) < 4.78 is 10.7. The van der Waals surface area contributed by atoms with Crippen LogP contribution < -0.4 is 25.0 Å². The lowest BCUT2D eigenvalue weighted by molar-refractivity contribution is 0.182. The number of aliphatic hydroxyl groups is 1. The highest BCUT2D eigenvalue weighted by molar-refractivity contribution is 5.80. The van der Waals surface area contributed by atoms with Gasteiger partial charge in [-0.05, 0) is 62.6 Å². The summed E-state index contributed by atoms with van der Waals surface area (Å²) in [5.41, 5.74) is 3.13. The Morgan fingerprint density at radius 2 is 1.91 bits per heavy atom. The average molecular weight is 441 g/mol. The summed E-state index contributed by atoms with van der Waals surface area (Å²) in [6.45, 7) is 7.32. The molecule has 1 aliphatic heterocycles. The quantitative estimate of drug-likeness (QED) is 0.408. The number of rotatable bonds is 9. The first-order valence-corrected chi connectivity index (χ1v) is 11.4. The Morgan fingerprint density at radius 3 is 2.59 bits per heavy atom. The minimum atomic E-state index is -0.815. The van der Waals surface area contributed by atoms with E-state index in [4.69, 9.17) is 9.47 Å². The van der Waals surface area contributed by atoms with E-state index in [0.29, 0.717) is 23.0 Å². The van der Waals surface area contributed by atoms with Crippen molar-refractivity contribution in [1.82, 2.24) is 10.6 Å². The highest BCUT2D eigenvalue weighted by atomic mass is 16.5. The molecule has 0 radical (unpaired) electrons. The topological polar surface area (TPSA) is 78.4 Å². The second-order valence-corrected chi connectivity index (χ2v) is 8.00. The Bertz CT molecular complexity index is 897. The van der Waals surface area contributed by atoms with E-state index in [9.17, 15) is 5.11 Å². The van der Waals surface area contributed by atoms with Crippen LogP contribution in [0.1, 0.15) is 50.0 Å². The molecule has 1 fully saturated rings. The van der Waals surface area contributed by atoms with E-state index in [1.54, 1.807) is 26.4 Å². The van der Waals surface area contributed by atoms with Gasteiger partial charge in [-0.3, -0.25) is 4.99 Å². The van der Waals surface area contributed by atoms with Crippen molar-refractivity contribution in [2.75, 3.05) is 45.3 Å². The van der Waals surface area contributed by atoms with Crippen molar-refractivity contribution in [3.63, 3.8) is 0 Å². The summed E-state index contributed by atoms with van der Waals surface area (Å²) in [5.74, 6) is 1.94. The van der Waals surface area contributed by atoms with Gasteiger partial charge in [0.05, 0.1) is 26.8 Å². The molecule has 2 unspecified atom stereocenters. The Kier molecular flexibility index (Phi) is 8.62. The number of benzene rings is 2. The van der Waals surface area contributed by atoms with Crippen molar-refractivity contribution in [2.45, 2.75) is 38.8 Å². The third kappa shape index (κ3) is 6.07. The van der Waals surface area contributed by atoms with Crippen LogP contribution in [0.3, 0.4) is 0 Å². The summed E-state index contributed by atoms with van der Waals surface area (Å²) in [5, 5.41) is 17.5. The smallest absolute Gasteiger partial charge is 0.191 e. The van der Waals surface area contributed by atoms with Crippen molar-refractivity contribution >= 4 is 11.6 Å². The Hall–Kier alpha value is -2.93. The maximum Gasteiger partial charge on any atom is 0.191 e. The van der Waals surface area contributed by atoms with Crippen LogP contribution in [-0.4, -0.2) is 51.5 Å². The lowest BCUT2D eigenvalue weighted by atomic mass is 10.1. The second-order valence-electron chi connectivity index (χ2n) is 8.00. The van der Waals surface area contributed by atoms with Crippen LogP contribution in [0.2, 0.25) is 0 Å². The average Bonchev–Trinajstić information content (AvgIpc) is 3.37. The molecule has 1 heterocycles. The maximum absolute atomic E-state index is 10.8. The van der Waals surface area contributed by atoms with Crippen molar-refractivity contribution in [3.8, 4) is 11.5 Å². The third-order valence-electron chi connectivity index (χ3n) is 5.76. The molecular weight excluding hydrogens is 404 g/mol. The molecular formula is C25H36N4O3. The number of anilines is 1. The molecule has 3 rings (SSSR count). The minimum Gasteiger partial charge on any atom is -0.497 e. The van der Waals surface area contributed by atoms with Gasteiger partial charge in [0.2, 0.25) is 0 Å².